The van der Waals surface area contributed by atoms with Crippen molar-refractivity contribution in [2.75, 3.05) is 24.3 Å². The van der Waals surface area contributed by atoms with E-state index in [1.54, 1.807) is 6.07 Å². The molecular formula is C10H11FN2O2. The van der Waals surface area contributed by atoms with Crippen LogP contribution in [-0.2, 0) is 11.2 Å². The summed E-state index contributed by atoms with van der Waals surface area (Å²) in [5.41, 5.74) is 1.93. The Morgan fingerprint density at radius 3 is 3.13 bits per heavy atom. The molecule has 4 nitrogen and oxygen atoms in total. The minimum Gasteiger partial charge on any atom is -0.453 e. The Morgan fingerprint density at radius 1 is 1.60 bits per heavy atom. The number of benzene rings is 1. The Balaban J connectivity index is 2.28. The summed E-state index contributed by atoms with van der Waals surface area (Å²) in [6.07, 6.45) is 0.136. The molecular weight excluding hydrogens is 199 g/mol. The summed E-state index contributed by atoms with van der Waals surface area (Å²) in [7, 11) is 1.23. The summed E-state index contributed by atoms with van der Waals surface area (Å²) in [5, 5.41) is 5.41. The smallest absolute Gasteiger partial charge is 0.411 e. The average Bonchev–Trinajstić information content (AvgIpc) is 2.65. The van der Waals surface area contributed by atoms with Crippen molar-refractivity contribution in [2.45, 2.75) is 6.42 Å². The summed E-state index contributed by atoms with van der Waals surface area (Å²) < 4.78 is 17.8. The molecule has 1 aromatic rings. The molecule has 0 unspecified atom stereocenters. The number of carbonyl (C=O) groups is 1. The van der Waals surface area contributed by atoms with Crippen LogP contribution in [0.2, 0.25) is 0 Å². The number of nitrogens with one attached hydrogen (secondary N) is 2. The molecule has 15 heavy (non-hydrogen) atoms. The number of methoxy groups -OCH3 is 1. The van der Waals surface area contributed by atoms with Crippen LogP contribution in [0.25, 0.3) is 0 Å². The summed E-state index contributed by atoms with van der Waals surface area (Å²) in [4.78, 5) is 10.9. The lowest BCUT2D eigenvalue weighted by molar-refractivity contribution is 0.187. The fraction of sp³-hybridized carbons (Fsp3) is 0.300. The van der Waals surface area contributed by atoms with Gasteiger partial charge in [-0.3, -0.25) is 5.32 Å². The molecule has 80 valence electrons. The van der Waals surface area contributed by atoms with Crippen molar-refractivity contribution in [1.82, 2.24) is 0 Å². The minimum atomic E-state index is -0.674. The third kappa shape index (κ3) is 1.86. The zero-order valence-electron chi connectivity index (χ0n) is 8.26. The topological polar surface area (TPSA) is 50.4 Å². The van der Waals surface area contributed by atoms with Crippen molar-refractivity contribution < 1.29 is 13.9 Å². The molecule has 2 N–H and O–H groups in total. The highest BCUT2D eigenvalue weighted by molar-refractivity contribution is 5.86. The molecule has 1 heterocycles. The molecule has 0 saturated carbocycles. The molecule has 2 rings (SSSR count). The van der Waals surface area contributed by atoms with E-state index in [0.717, 1.165) is 24.2 Å². The molecule has 0 aromatic heterocycles. The fourth-order valence-electron chi connectivity index (χ4n) is 1.57. The van der Waals surface area contributed by atoms with Gasteiger partial charge in [0.15, 0.2) is 0 Å². The number of rotatable bonds is 1. The minimum absolute atomic E-state index is 0.134. The summed E-state index contributed by atoms with van der Waals surface area (Å²) in [6.45, 7) is 0.802. The van der Waals surface area contributed by atoms with Gasteiger partial charge in [0.1, 0.15) is 5.82 Å². The molecule has 1 aliphatic heterocycles. The molecule has 5 heteroatoms. The van der Waals surface area contributed by atoms with Crippen LogP contribution in [-0.4, -0.2) is 19.7 Å². The van der Waals surface area contributed by atoms with E-state index in [1.807, 2.05) is 0 Å². The van der Waals surface area contributed by atoms with Gasteiger partial charge < -0.3 is 10.1 Å². The molecule has 0 spiro atoms. The normalized spacial score (nSPS) is 12.9. The van der Waals surface area contributed by atoms with Gasteiger partial charge in [0.2, 0.25) is 0 Å². The van der Waals surface area contributed by atoms with E-state index in [0.29, 0.717) is 0 Å². The number of hydrogen-bond donors (Lipinski definition) is 2. The maximum absolute atomic E-state index is 13.4. The SMILES string of the molecule is COC(=O)Nc1cc2c(cc1F)CCN2. The van der Waals surface area contributed by atoms with Crippen LogP contribution in [0.4, 0.5) is 20.6 Å². The van der Waals surface area contributed by atoms with Crippen molar-refractivity contribution in [1.29, 1.82) is 0 Å². The van der Waals surface area contributed by atoms with Crippen molar-refractivity contribution in [3.63, 3.8) is 0 Å². The van der Waals surface area contributed by atoms with Crippen LogP contribution in [0.15, 0.2) is 12.1 Å². The first-order chi connectivity index (χ1) is 7.20. The Bertz CT molecular complexity index is 407. The standard InChI is InChI=1S/C10H11FN2O2/c1-15-10(14)13-9-5-8-6(2-3-12-8)4-7(9)11/h4-5,12H,2-3H2,1H3,(H,13,14). The van der Waals surface area contributed by atoms with Crippen molar-refractivity contribution in [2.24, 2.45) is 0 Å². The molecule has 1 aliphatic rings. The van der Waals surface area contributed by atoms with Gasteiger partial charge in [0, 0.05) is 12.2 Å². The summed E-state index contributed by atoms with van der Waals surface area (Å²) >= 11 is 0. The van der Waals surface area contributed by atoms with Crippen molar-refractivity contribution in [3.05, 3.63) is 23.5 Å². The van der Waals surface area contributed by atoms with E-state index in [-0.39, 0.29) is 5.69 Å². The molecule has 1 amide bonds. The lowest BCUT2D eigenvalue weighted by atomic mass is 10.1. The predicted molar refractivity (Wildman–Crippen MR) is 54.6 cm³/mol. The third-order valence-corrected chi connectivity index (χ3v) is 2.32. The molecule has 0 atom stereocenters. The van der Waals surface area contributed by atoms with E-state index < -0.39 is 11.9 Å². The first-order valence-corrected chi connectivity index (χ1v) is 4.62. The second-order valence-corrected chi connectivity index (χ2v) is 3.28. The Hall–Kier alpha value is -1.78. The number of anilines is 2. The largest absolute Gasteiger partial charge is 0.453 e. The highest BCUT2D eigenvalue weighted by atomic mass is 19.1. The first-order valence-electron chi connectivity index (χ1n) is 4.62. The highest BCUT2D eigenvalue weighted by Crippen LogP contribution is 2.28. The summed E-state index contributed by atoms with van der Waals surface area (Å²) in [6, 6.07) is 3.01. The highest BCUT2D eigenvalue weighted by Gasteiger charge is 2.15. The molecule has 0 radical (unpaired) electrons. The summed E-state index contributed by atoms with van der Waals surface area (Å²) in [5.74, 6) is -0.442. The van der Waals surface area contributed by atoms with Crippen LogP contribution in [0, 0.1) is 5.82 Å². The van der Waals surface area contributed by atoms with Gasteiger partial charge in [0.05, 0.1) is 12.8 Å². The van der Waals surface area contributed by atoms with Gasteiger partial charge in [0.25, 0.3) is 0 Å². The van der Waals surface area contributed by atoms with Crippen LogP contribution >= 0.6 is 0 Å². The number of carbonyl (C=O) groups excluding carboxylic acids is 1. The third-order valence-electron chi connectivity index (χ3n) is 2.32. The van der Waals surface area contributed by atoms with Gasteiger partial charge in [-0.25, -0.2) is 9.18 Å². The number of hydrogen-bond acceptors (Lipinski definition) is 3. The zero-order valence-corrected chi connectivity index (χ0v) is 8.26. The van der Waals surface area contributed by atoms with Crippen LogP contribution in [0.3, 0.4) is 0 Å². The maximum atomic E-state index is 13.4. The average molecular weight is 210 g/mol. The number of halogens is 1. The Morgan fingerprint density at radius 2 is 2.40 bits per heavy atom. The van der Waals surface area contributed by atoms with Crippen molar-refractivity contribution >= 4 is 17.5 Å². The second kappa shape index (κ2) is 3.76. The Kier molecular flexibility index (Phi) is 2.45. The lowest BCUT2D eigenvalue weighted by Gasteiger charge is -2.07. The van der Waals surface area contributed by atoms with Gasteiger partial charge in [-0.2, -0.15) is 0 Å². The van der Waals surface area contributed by atoms with Crippen LogP contribution < -0.4 is 10.6 Å². The van der Waals surface area contributed by atoms with E-state index >= 15 is 0 Å². The monoisotopic (exact) mass is 210 g/mol. The maximum Gasteiger partial charge on any atom is 0.411 e. The molecule has 0 fully saturated rings. The van der Waals surface area contributed by atoms with Crippen molar-refractivity contribution in [3.8, 4) is 0 Å². The molecule has 0 aliphatic carbocycles. The number of amides is 1. The first kappa shape index (κ1) is 9.76. The Labute approximate surface area is 86.4 Å². The van der Waals surface area contributed by atoms with Gasteiger partial charge in [-0.1, -0.05) is 0 Å². The number of fused-ring (bicyclic) bond motifs is 1. The van der Waals surface area contributed by atoms with E-state index in [1.165, 1.54) is 13.2 Å². The predicted octanol–water partition coefficient (Wildman–Crippen LogP) is 1.97. The van der Waals surface area contributed by atoms with E-state index in [9.17, 15) is 9.18 Å². The zero-order chi connectivity index (χ0) is 10.8. The fourth-order valence-corrected chi connectivity index (χ4v) is 1.57. The van der Waals surface area contributed by atoms with Gasteiger partial charge >= 0.3 is 6.09 Å². The quantitative estimate of drug-likeness (QED) is 0.745. The molecule has 0 bridgehead atoms. The van der Waals surface area contributed by atoms with E-state index in [2.05, 4.69) is 15.4 Å². The van der Waals surface area contributed by atoms with Gasteiger partial charge in [-0.05, 0) is 24.1 Å². The van der Waals surface area contributed by atoms with Gasteiger partial charge in [-0.15, -0.1) is 0 Å². The van der Waals surface area contributed by atoms with Crippen LogP contribution in [0.5, 0.6) is 0 Å². The second-order valence-electron chi connectivity index (χ2n) is 3.28. The lowest BCUT2D eigenvalue weighted by Crippen LogP contribution is -2.12. The van der Waals surface area contributed by atoms with E-state index in [4.69, 9.17) is 0 Å². The molecule has 0 saturated heterocycles. The molecule has 1 aromatic carbocycles. The number of ether oxygens (including phenoxy) is 1. The van der Waals surface area contributed by atoms with Crippen LogP contribution in [0.1, 0.15) is 5.56 Å².